The molecule has 0 bridgehead atoms. The Labute approximate surface area is 146 Å². The molecule has 5 rings (SSSR count). The zero-order chi connectivity index (χ0) is 16.7. The van der Waals surface area contributed by atoms with Crippen molar-refractivity contribution in [2.45, 2.75) is 78.2 Å². The highest BCUT2D eigenvalue weighted by Crippen LogP contribution is 2.66. The molecule has 1 heterocycles. The SMILES string of the molecule is CC1=NN=C2C1C[C@H]1[C@@H]3CC[C@H]4C[C@@H](O)CC[C@]4(C)[C@H]3CC[C@]21C. The third kappa shape index (κ3) is 1.83. The summed E-state index contributed by atoms with van der Waals surface area (Å²) in [4.78, 5) is 0. The first-order chi connectivity index (χ1) is 11.4. The zero-order valence-corrected chi connectivity index (χ0v) is 15.5. The number of aliphatic hydroxyl groups is 1. The van der Waals surface area contributed by atoms with E-state index < -0.39 is 0 Å². The summed E-state index contributed by atoms with van der Waals surface area (Å²) in [7, 11) is 0. The molecule has 24 heavy (non-hydrogen) atoms. The number of fused-ring (bicyclic) bond motifs is 7. The Bertz CT molecular complexity index is 625. The average Bonchev–Trinajstić information content (AvgIpc) is 3.06. The Morgan fingerprint density at radius 2 is 1.79 bits per heavy atom. The lowest BCUT2D eigenvalue weighted by molar-refractivity contribution is -0.114. The van der Waals surface area contributed by atoms with Crippen LogP contribution >= 0.6 is 0 Å². The van der Waals surface area contributed by atoms with Crippen LogP contribution in [0.3, 0.4) is 0 Å². The van der Waals surface area contributed by atoms with Crippen LogP contribution in [0.2, 0.25) is 0 Å². The van der Waals surface area contributed by atoms with Crippen molar-refractivity contribution in [1.82, 2.24) is 0 Å². The number of aliphatic hydroxyl groups excluding tert-OH is 1. The van der Waals surface area contributed by atoms with Crippen molar-refractivity contribution in [1.29, 1.82) is 0 Å². The summed E-state index contributed by atoms with van der Waals surface area (Å²) in [5.41, 5.74) is 3.48. The van der Waals surface area contributed by atoms with Gasteiger partial charge in [-0.3, -0.25) is 0 Å². The quantitative estimate of drug-likeness (QED) is 0.701. The normalized spacial score (nSPS) is 55.8. The second kappa shape index (κ2) is 4.93. The monoisotopic (exact) mass is 328 g/mol. The van der Waals surface area contributed by atoms with Crippen LogP contribution in [0.4, 0.5) is 0 Å². The number of nitrogens with zero attached hydrogens (tertiary/aromatic N) is 2. The minimum atomic E-state index is -0.0347. The van der Waals surface area contributed by atoms with E-state index in [2.05, 4.69) is 31.0 Å². The van der Waals surface area contributed by atoms with Gasteiger partial charge in [0.15, 0.2) is 0 Å². The smallest absolute Gasteiger partial charge is 0.0555 e. The van der Waals surface area contributed by atoms with Gasteiger partial charge in [-0.15, -0.1) is 0 Å². The molecule has 0 amide bonds. The van der Waals surface area contributed by atoms with Gasteiger partial charge >= 0.3 is 0 Å². The fourth-order valence-corrected chi connectivity index (χ4v) is 7.83. The molecule has 0 aromatic carbocycles. The van der Waals surface area contributed by atoms with Crippen LogP contribution in [0.1, 0.15) is 72.1 Å². The van der Waals surface area contributed by atoms with E-state index in [0.29, 0.717) is 16.7 Å². The Morgan fingerprint density at radius 3 is 2.62 bits per heavy atom. The molecule has 0 aromatic heterocycles. The molecule has 0 aromatic rings. The van der Waals surface area contributed by atoms with Crippen LogP contribution in [0.25, 0.3) is 0 Å². The van der Waals surface area contributed by atoms with Gasteiger partial charge in [0, 0.05) is 17.0 Å². The van der Waals surface area contributed by atoms with E-state index in [1.165, 1.54) is 49.9 Å². The van der Waals surface area contributed by atoms with Crippen LogP contribution in [0, 0.1) is 40.4 Å². The van der Waals surface area contributed by atoms with Gasteiger partial charge in [0.2, 0.25) is 0 Å². The number of hydrogen-bond donors (Lipinski definition) is 1. The largest absolute Gasteiger partial charge is 0.393 e. The first kappa shape index (κ1) is 15.5. The lowest BCUT2D eigenvalue weighted by Crippen LogP contribution is -2.54. The highest BCUT2D eigenvalue weighted by Gasteiger charge is 2.62. The molecular formula is C21H32N2O. The molecular weight excluding hydrogens is 296 g/mol. The van der Waals surface area contributed by atoms with Gasteiger partial charge in [0.05, 0.1) is 11.8 Å². The molecule has 4 fully saturated rings. The molecule has 0 spiro atoms. The fraction of sp³-hybridized carbons (Fsp3) is 0.905. The summed E-state index contributed by atoms with van der Waals surface area (Å²) in [6, 6.07) is 0. The van der Waals surface area contributed by atoms with Crippen molar-refractivity contribution in [2.75, 3.05) is 0 Å². The summed E-state index contributed by atoms with van der Waals surface area (Å²) in [6.07, 6.45) is 9.99. The van der Waals surface area contributed by atoms with Crippen molar-refractivity contribution in [3.63, 3.8) is 0 Å². The second-order valence-corrected chi connectivity index (χ2v) is 10.1. The highest BCUT2D eigenvalue weighted by molar-refractivity contribution is 6.13. The molecule has 0 radical (unpaired) electrons. The van der Waals surface area contributed by atoms with Crippen molar-refractivity contribution in [2.24, 2.45) is 50.6 Å². The second-order valence-electron chi connectivity index (χ2n) is 10.1. The molecule has 3 nitrogen and oxygen atoms in total. The fourth-order valence-electron chi connectivity index (χ4n) is 7.83. The van der Waals surface area contributed by atoms with Gasteiger partial charge in [-0.1, -0.05) is 13.8 Å². The van der Waals surface area contributed by atoms with Gasteiger partial charge in [0.25, 0.3) is 0 Å². The molecule has 3 heteroatoms. The predicted octanol–water partition coefficient (Wildman–Crippen LogP) is 4.45. The van der Waals surface area contributed by atoms with Gasteiger partial charge in [-0.05, 0) is 87.4 Å². The maximum absolute atomic E-state index is 10.2. The molecule has 1 unspecified atom stereocenters. The summed E-state index contributed by atoms with van der Waals surface area (Å²) >= 11 is 0. The third-order valence-electron chi connectivity index (χ3n) is 9.25. The van der Waals surface area contributed by atoms with Crippen molar-refractivity contribution < 1.29 is 5.11 Å². The minimum absolute atomic E-state index is 0.0347. The van der Waals surface area contributed by atoms with Crippen LogP contribution in [0.15, 0.2) is 10.2 Å². The Balaban J connectivity index is 1.47. The molecule has 1 aliphatic heterocycles. The summed E-state index contributed by atoms with van der Waals surface area (Å²) in [5, 5.41) is 19.2. The van der Waals surface area contributed by atoms with Gasteiger partial charge < -0.3 is 5.11 Å². The Hall–Kier alpha value is -0.700. The standard InChI is InChI=1S/C21H32N2O/c1-12-16-11-18-15-5-4-13-10-14(24)6-8-20(13,2)17(15)7-9-21(18,3)19(16)23-22-12/h13-18,24H,4-11H2,1-3H3/t13-,14-,15+,16?,17-,18-,20-,21-/m0/s1. The van der Waals surface area contributed by atoms with E-state index in [4.69, 9.17) is 0 Å². The predicted molar refractivity (Wildman–Crippen MR) is 97.2 cm³/mol. The van der Waals surface area contributed by atoms with E-state index >= 15 is 0 Å². The van der Waals surface area contributed by atoms with Crippen LogP contribution in [-0.4, -0.2) is 22.6 Å². The van der Waals surface area contributed by atoms with E-state index in [-0.39, 0.29) is 6.10 Å². The number of rotatable bonds is 0. The van der Waals surface area contributed by atoms with E-state index in [1.807, 2.05) is 0 Å². The van der Waals surface area contributed by atoms with Gasteiger partial charge in [-0.25, -0.2) is 0 Å². The first-order valence-corrected chi connectivity index (χ1v) is 10.2. The zero-order valence-electron chi connectivity index (χ0n) is 15.5. The molecule has 132 valence electrons. The summed E-state index contributed by atoms with van der Waals surface area (Å²) in [6.45, 7) is 7.25. The van der Waals surface area contributed by atoms with E-state index in [1.54, 1.807) is 0 Å². The van der Waals surface area contributed by atoms with Gasteiger partial charge in [-0.2, -0.15) is 10.2 Å². The van der Waals surface area contributed by atoms with E-state index in [9.17, 15) is 5.11 Å². The lowest BCUT2D eigenvalue weighted by Gasteiger charge is -2.60. The van der Waals surface area contributed by atoms with Crippen LogP contribution < -0.4 is 0 Å². The molecule has 8 atom stereocenters. The minimum Gasteiger partial charge on any atom is -0.393 e. The summed E-state index contributed by atoms with van der Waals surface area (Å²) < 4.78 is 0. The molecule has 4 aliphatic carbocycles. The highest BCUT2D eigenvalue weighted by atomic mass is 16.3. The van der Waals surface area contributed by atoms with E-state index in [0.717, 1.165) is 36.5 Å². The topological polar surface area (TPSA) is 45.0 Å². The Morgan fingerprint density at radius 1 is 0.958 bits per heavy atom. The molecule has 4 saturated carbocycles. The molecule has 0 saturated heterocycles. The third-order valence-corrected chi connectivity index (χ3v) is 9.25. The van der Waals surface area contributed by atoms with Crippen molar-refractivity contribution >= 4 is 11.4 Å². The molecule has 5 aliphatic rings. The summed E-state index contributed by atoms with van der Waals surface area (Å²) in [5.74, 6) is 3.88. The number of hydrogen-bond acceptors (Lipinski definition) is 3. The maximum Gasteiger partial charge on any atom is 0.0555 e. The first-order valence-electron chi connectivity index (χ1n) is 10.2. The van der Waals surface area contributed by atoms with Crippen LogP contribution in [0.5, 0.6) is 0 Å². The van der Waals surface area contributed by atoms with Crippen molar-refractivity contribution in [3.05, 3.63) is 0 Å². The van der Waals surface area contributed by atoms with Crippen molar-refractivity contribution in [3.8, 4) is 0 Å². The van der Waals surface area contributed by atoms with Gasteiger partial charge in [0.1, 0.15) is 0 Å². The Kier molecular flexibility index (Phi) is 3.19. The van der Waals surface area contributed by atoms with Crippen LogP contribution in [-0.2, 0) is 0 Å². The molecule has 1 N–H and O–H groups in total. The average molecular weight is 329 g/mol. The lowest BCUT2D eigenvalue weighted by atomic mass is 9.45. The maximum atomic E-state index is 10.2.